The Labute approximate surface area is 126 Å². The minimum absolute atomic E-state index is 0.126. The number of halogens is 1. The molecule has 116 valence electrons. The van der Waals surface area contributed by atoms with E-state index in [2.05, 4.69) is 10.0 Å². The van der Waals surface area contributed by atoms with Gasteiger partial charge in [-0.1, -0.05) is 11.6 Å². The SMILES string of the molecule is CC(C)NC(=O)CNS(=O)(=O)c1ccc(Cl)c([N+](=O)[O-])c1. The van der Waals surface area contributed by atoms with Crippen molar-refractivity contribution in [1.82, 2.24) is 10.0 Å². The first kappa shape index (κ1) is 17.3. The number of hydrogen-bond acceptors (Lipinski definition) is 5. The Morgan fingerprint density at radius 3 is 2.57 bits per heavy atom. The zero-order chi connectivity index (χ0) is 16.2. The van der Waals surface area contributed by atoms with Gasteiger partial charge >= 0.3 is 0 Å². The number of nitro groups is 1. The van der Waals surface area contributed by atoms with E-state index in [9.17, 15) is 23.3 Å². The van der Waals surface area contributed by atoms with Gasteiger partial charge in [0.2, 0.25) is 15.9 Å². The Morgan fingerprint density at radius 1 is 1.43 bits per heavy atom. The molecule has 0 aliphatic rings. The molecule has 0 unspecified atom stereocenters. The van der Waals surface area contributed by atoms with E-state index < -0.39 is 33.1 Å². The fraction of sp³-hybridized carbons (Fsp3) is 0.364. The summed E-state index contributed by atoms with van der Waals surface area (Å²) in [6, 6.07) is 2.95. The highest BCUT2D eigenvalue weighted by atomic mass is 35.5. The summed E-state index contributed by atoms with van der Waals surface area (Å²) in [5.74, 6) is -0.503. The number of sulfonamides is 1. The van der Waals surface area contributed by atoms with Gasteiger partial charge in [-0.05, 0) is 26.0 Å². The van der Waals surface area contributed by atoms with E-state index in [0.717, 1.165) is 18.2 Å². The molecular weight excluding hydrogens is 322 g/mol. The van der Waals surface area contributed by atoms with E-state index in [-0.39, 0.29) is 16.0 Å². The molecule has 0 saturated carbocycles. The van der Waals surface area contributed by atoms with Gasteiger partial charge in [0.15, 0.2) is 0 Å². The van der Waals surface area contributed by atoms with Crippen molar-refractivity contribution in [3.8, 4) is 0 Å². The fourth-order valence-electron chi connectivity index (χ4n) is 1.42. The van der Waals surface area contributed by atoms with Crippen molar-refractivity contribution in [3.05, 3.63) is 33.3 Å². The first-order valence-electron chi connectivity index (χ1n) is 5.86. The molecular formula is C11H14ClN3O5S. The summed E-state index contributed by atoms with van der Waals surface area (Å²) in [5, 5.41) is 13.1. The Morgan fingerprint density at radius 2 is 2.05 bits per heavy atom. The summed E-state index contributed by atoms with van der Waals surface area (Å²) in [7, 11) is -4.04. The minimum Gasteiger partial charge on any atom is -0.353 e. The number of carbonyl (C=O) groups excluding carboxylic acids is 1. The molecule has 1 aromatic carbocycles. The molecule has 21 heavy (non-hydrogen) atoms. The van der Waals surface area contributed by atoms with Crippen LogP contribution in [0, 0.1) is 10.1 Å². The second-order valence-corrected chi connectivity index (χ2v) is 6.59. The third kappa shape index (κ3) is 4.96. The van der Waals surface area contributed by atoms with Gasteiger partial charge in [-0.2, -0.15) is 0 Å². The first-order valence-corrected chi connectivity index (χ1v) is 7.72. The molecule has 0 saturated heterocycles. The molecule has 0 aliphatic carbocycles. The Balaban J connectivity index is 2.91. The van der Waals surface area contributed by atoms with Crippen LogP contribution in [0.2, 0.25) is 5.02 Å². The number of amides is 1. The van der Waals surface area contributed by atoms with Crippen molar-refractivity contribution in [1.29, 1.82) is 0 Å². The highest BCUT2D eigenvalue weighted by molar-refractivity contribution is 7.89. The molecule has 2 N–H and O–H groups in total. The predicted molar refractivity (Wildman–Crippen MR) is 76.6 cm³/mol. The number of nitrogens with one attached hydrogen (secondary N) is 2. The largest absolute Gasteiger partial charge is 0.353 e. The van der Waals surface area contributed by atoms with Crippen molar-refractivity contribution in [2.24, 2.45) is 0 Å². The van der Waals surface area contributed by atoms with E-state index in [1.807, 2.05) is 0 Å². The maximum absolute atomic E-state index is 12.0. The highest BCUT2D eigenvalue weighted by Crippen LogP contribution is 2.26. The molecule has 0 aliphatic heterocycles. The van der Waals surface area contributed by atoms with Gasteiger partial charge in [0.25, 0.3) is 5.69 Å². The van der Waals surface area contributed by atoms with Gasteiger partial charge in [0.05, 0.1) is 16.4 Å². The molecule has 0 bridgehead atoms. The lowest BCUT2D eigenvalue weighted by Gasteiger charge is -2.10. The van der Waals surface area contributed by atoms with Crippen LogP contribution in [0.1, 0.15) is 13.8 Å². The molecule has 1 amide bonds. The van der Waals surface area contributed by atoms with Gasteiger partial charge in [-0.3, -0.25) is 14.9 Å². The van der Waals surface area contributed by atoms with Crippen LogP contribution in [0.15, 0.2) is 23.1 Å². The van der Waals surface area contributed by atoms with Crippen LogP contribution in [0.3, 0.4) is 0 Å². The molecule has 1 aromatic rings. The smallest absolute Gasteiger partial charge is 0.289 e. The average molecular weight is 336 g/mol. The van der Waals surface area contributed by atoms with Crippen molar-refractivity contribution >= 4 is 33.2 Å². The van der Waals surface area contributed by atoms with Crippen LogP contribution < -0.4 is 10.0 Å². The lowest BCUT2D eigenvalue weighted by Crippen LogP contribution is -2.39. The Hall–Kier alpha value is -1.71. The normalized spacial score (nSPS) is 11.4. The van der Waals surface area contributed by atoms with Crippen molar-refractivity contribution in [2.45, 2.75) is 24.8 Å². The predicted octanol–water partition coefficient (Wildman–Crippen LogP) is 1.05. The second-order valence-electron chi connectivity index (χ2n) is 4.42. The topological polar surface area (TPSA) is 118 Å². The van der Waals surface area contributed by atoms with Crippen molar-refractivity contribution in [2.75, 3.05) is 6.54 Å². The van der Waals surface area contributed by atoms with Gasteiger partial charge in [0, 0.05) is 12.1 Å². The van der Waals surface area contributed by atoms with Gasteiger partial charge in [-0.15, -0.1) is 0 Å². The van der Waals surface area contributed by atoms with Crippen LogP contribution in [-0.4, -0.2) is 31.8 Å². The number of rotatable bonds is 6. The van der Waals surface area contributed by atoms with Gasteiger partial charge < -0.3 is 5.32 Å². The third-order valence-corrected chi connectivity index (χ3v) is 4.02. The standard InChI is InChI=1S/C11H14ClN3O5S/c1-7(2)14-11(16)6-13-21(19,20)8-3-4-9(12)10(5-8)15(17)18/h3-5,7,13H,6H2,1-2H3,(H,14,16). The molecule has 10 heteroatoms. The summed E-state index contributed by atoms with van der Waals surface area (Å²) in [4.78, 5) is 21.0. The molecule has 0 aromatic heterocycles. The summed E-state index contributed by atoms with van der Waals surface area (Å²) in [6.07, 6.45) is 0. The zero-order valence-corrected chi connectivity index (χ0v) is 12.9. The first-order chi connectivity index (χ1) is 9.63. The highest BCUT2D eigenvalue weighted by Gasteiger charge is 2.21. The third-order valence-electron chi connectivity index (χ3n) is 2.30. The summed E-state index contributed by atoms with van der Waals surface area (Å²) in [6.45, 7) is 3.00. The van der Waals surface area contributed by atoms with Crippen LogP contribution in [-0.2, 0) is 14.8 Å². The molecule has 0 radical (unpaired) electrons. The van der Waals surface area contributed by atoms with Crippen LogP contribution in [0.5, 0.6) is 0 Å². The number of nitro benzene ring substituents is 1. The molecule has 0 heterocycles. The van der Waals surface area contributed by atoms with E-state index in [1.54, 1.807) is 13.8 Å². The Kier molecular flexibility index (Phi) is 5.64. The Bertz CT molecular complexity index is 660. The summed E-state index contributed by atoms with van der Waals surface area (Å²) < 4.78 is 26.0. The lowest BCUT2D eigenvalue weighted by atomic mass is 10.3. The van der Waals surface area contributed by atoms with Gasteiger partial charge in [0.1, 0.15) is 5.02 Å². The molecule has 0 spiro atoms. The van der Waals surface area contributed by atoms with Crippen LogP contribution in [0.25, 0.3) is 0 Å². The van der Waals surface area contributed by atoms with E-state index >= 15 is 0 Å². The molecule has 8 nitrogen and oxygen atoms in total. The summed E-state index contributed by atoms with van der Waals surface area (Å²) in [5.41, 5.74) is -0.522. The summed E-state index contributed by atoms with van der Waals surface area (Å²) >= 11 is 5.61. The van der Waals surface area contributed by atoms with Crippen molar-refractivity contribution < 1.29 is 18.1 Å². The van der Waals surface area contributed by atoms with Crippen LogP contribution in [0.4, 0.5) is 5.69 Å². The zero-order valence-electron chi connectivity index (χ0n) is 11.3. The minimum atomic E-state index is -4.04. The maximum Gasteiger partial charge on any atom is 0.289 e. The monoisotopic (exact) mass is 335 g/mol. The number of benzene rings is 1. The number of nitrogens with zero attached hydrogens (tertiary/aromatic N) is 1. The molecule has 0 atom stereocenters. The van der Waals surface area contributed by atoms with Gasteiger partial charge in [-0.25, -0.2) is 13.1 Å². The second kappa shape index (κ2) is 6.83. The van der Waals surface area contributed by atoms with E-state index in [0.29, 0.717) is 0 Å². The fourth-order valence-corrected chi connectivity index (χ4v) is 2.60. The van der Waals surface area contributed by atoms with E-state index in [1.165, 1.54) is 0 Å². The van der Waals surface area contributed by atoms with E-state index in [4.69, 9.17) is 11.6 Å². The number of hydrogen-bond donors (Lipinski definition) is 2. The lowest BCUT2D eigenvalue weighted by molar-refractivity contribution is -0.384. The molecule has 1 rings (SSSR count). The van der Waals surface area contributed by atoms with Crippen molar-refractivity contribution in [3.63, 3.8) is 0 Å². The van der Waals surface area contributed by atoms with Crippen LogP contribution >= 0.6 is 11.6 Å². The maximum atomic E-state index is 12.0. The number of carbonyl (C=O) groups is 1. The average Bonchev–Trinajstić information content (AvgIpc) is 2.35. The quantitative estimate of drug-likeness (QED) is 0.595. The molecule has 0 fully saturated rings.